The maximum Gasteiger partial charge on any atom is 0.368 e. The summed E-state index contributed by atoms with van der Waals surface area (Å²) in [5, 5.41) is 4.87. The molecule has 0 amide bonds. The van der Waals surface area contributed by atoms with E-state index in [1.54, 1.807) is 13.1 Å². The molecule has 2 N–H and O–H groups in total. The molecule has 0 aromatic carbocycles. The maximum atomic E-state index is 13.0. The quantitative estimate of drug-likeness (QED) is 0.826. The van der Waals surface area contributed by atoms with Crippen LogP contribution in [0.3, 0.4) is 0 Å². The third-order valence-corrected chi connectivity index (χ3v) is 5.23. The Kier molecular flexibility index (Phi) is 5.50. The van der Waals surface area contributed by atoms with E-state index >= 15 is 0 Å². The van der Waals surface area contributed by atoms with E-state index in [9.17, 15) is 9.59 Å². The fourth-order valence-corrected chi connectivity index (χ4v) is 4.35. The molecule has 1 aromatic heterocycles. The van der Waals surface area contributed by atoms with Crippen molar-refractivity contribution >= 4 is 23.1 Å². The molecule has 1 saturated heterocycles. The van der Waals surface area contributed by atoms with Crippen molar-refractivity contribution in [3.05, 3.63) is 16.6 Å². The molecule has 6 heteroatoms. The molecule has 2 rings (SSSR count). The molecule has 1 aliphatic heterocycles. The van der Waals surface area contributed by atoms with Crippen LogP contribution < -0.4 is 5.32 Å². The van der Waals surface area contributed by atoms with Gasteiger partial charge in [-0.05, 0) is 33.6 Å². The molecule has 0 bridgehead atoms. The number of carbonyl (C=O) groups is 2. The van der Waals surface area contributed by atoms with Gasteiger partial charge in [0.2, 0.25) is 0 Å². The zero-order valence-electron chi connectivity index (χ0n) is 15.5. The highest BCUT2D eigenvalue weighted by Crippen LogP contribution is 2.37. The summed E-state index contributed by atoms with van der Waals surface area (Å²) < 4.78 is 5.72. The Morgan fingerprint density at radius 1 is 1.46 bits per heavy atom. The monoisotopic (exact) mass is 353 g/mol. The lowest BCUT2D eigenvalue weighted by molar-refractivity contribution is -0.733. The summed E-state index contributed by atoms with van der Waals surface area (Å²) in [4.78, 5) is 29.7. The van der Waals surface area contributed by atoms with Crippen molar-refractivity contribution in [2.75, 3.05) is 0 Å². The predicted molar refractivity (Wildman–Crippen MR) is 93.6 cm³/mol. The van der Waals surface area contributed by atoms with Crippen LogP contribution in [0.2, 0.25) is 0 Å². The van der Waals surface area contributed by atoms with Crippen molar-refractivity contribution < 1.29 is 19.6 Å². The molecule has 0 radical (unpaired) electrons. The second kappa shape index (κ2) is 6.92. The molecule has 134 valence electrons. The number of carbonyl (C=O) groups excluding carboxylic acids is 2. The first-order valence-electron chi connectivity index (χ1n) is 8.53. The predicted octanol–water partition coefficient (Wildman–Crippen LogP) is 2.48. The molecule has 0 saturated carbocycles. The molecule has 0 spiro atoms. The molecule has 0 aliphatic carbocycles. The standard InChI is InChI=1S/C18H28N2O3S/c1-11(2)9-18(16(22)23-17(4,5)6)10-13(12(3)21)14(20-18)15-19-7-8-24-15/h7-8,11,13-14,20H,9-10H2,1-6H3/p+1/t13-,14+,18-/m0/s1. The average Bonchev–Trinajstić information content (AvgIpc) is 3.02. The fraction of sp³-hybridized carbons (Fsp3) is 0.722. The van der Waals surface area contributed by atoms with Gasteiger partial charge in [0.25, 0.3) is 0 Å². The summed E-state index contributed by atoms with van der Waals surface area (Å²) in [5.74, 6) is 0.0217. The highest BCUT2D eigenvalue weighted by Gasteiger charge is 2.58. The lowest BCUT2D eigenvalue weighted by atomic mass is 9.83. The van der Waals surface area contributed by atoms with Crippen molar-refractivity contribution in [1.82, 2.24) is 4.98 Å². The fourth-order valence-electron chi connectivity index (χ4n) is 3.58. The van der Waals surface area contributed by atoms with Gasteiger partial charge in [-0.25, -0.2) is 9.78 Å². The third kappa shape index (κ3) is 4.22. The van der Waals surface area contributed by atoms with Crippen molar-refractivity contribution in [2.45, 2.75) is 71.6 Å². The van der Waals surface area contributed by atoms with Gasteiger partial charge in [-0.1, -0.05) is 13.8 Å². The lowest BCUT2D eigenvalue weighted by Crippen LogP contribution is -2.96. The van der Waals surface area contributed by atoms with Crippen molar-refractivity contribution in [3.8, 4) is 0 Å². The van der Waals surface area contributed by atoms with E-state index in [1.165, 1.54) is 11.3 Å². The first kappa shape index (κ1) is 19.1. The van der Waals surface area contributed by atoms with Crippen LogP contribution in [-0.2, 0) is 14.3 Å². The molecule has 24 heavy (non-hydrogen) atoms. The summed E-state index contributed by atoms with van der Waals surface area (Å²) >= 11 is 1.54. The second-order valence-corrected chi connectivity index (χ2v) is 9.17. The summed E-state index contributed by atoms with van der Waals surface area (Å²) in [7, 11) is 0. The third-order valence-electron chi connectivity index (χ3n) is 4.35. The molecule has 2 heterocycles. The van der Waals surface area contributed by atoms with Crippen LogP contribution in [-0.4, -0.2) is 27.9 Å². The Labute approximate surface area is 148 Å². The smallest absolute Gasteiger partial charge is 0.368 e. The van der Waals surface area contributed by atoms with Gasteiger partial charge in [0.15, 0.2) is 10.5 Å². The normalized spacial score (nSPS) is 27.5. The molecular weight excluding hydrogens is 324 g/mol. The zero-order valence-corrected chi connectivity index (χ0v) is 16.3. The largest absolute Gasteiger partial charge is 0.455 e. The molecule has 3 atom stereocenters. The number of quaternary nitrogens is 1. The van der Waals surface area contributed by atoms with Crippen LogP contribution in [0.4, 0.5) is 0 Å². The van der Waals surface area contributed by atoms with Gasteiger partial charge >= 0.3 is 5.97 Å². The van der Waals surface area contributed by atoms with Crippen LogP contribution in [0.5, 0.6) is 0 Å². The average molecular weight is 354 g/mol. The van der Waals surface area contributed by atoms with Crippen LogP contribution in [0.15, 0.2) is 11.6 Å². The van der Waals surface area contributed by atoms with Crippen LogP contribution in [0.25, 0.3) is 0 Å². The number of esters is 1. The number of rotatable bonds is 5. The molecule has 0 unspecified atom stereocenters. The Morgan fingerprint density at radius 2 is 2.12 bits per heavy atom. The Morgan fingerprint density at radius 3 is 2.58 bits per heavy atom. The SMILES string of the molecule is CC(=O)[C@@H]1C[C@@](CC(C)C)(C(=O)OC(C)(C)C)[NH2+][C@H]1c1nccs1. The number of hydrogen-bond acceptors (Lipinski definition) is 5. The van der Waals surface area contributed by atoms with E-state index < -0.39 is 11.1 Å². The summed E-state index contributed by atoms with van der Waals surface area (Å²) in [6.45, 7) is 11.4. The zero-order chi connectivity index (χ0) is 18.1. The first-order valence-corrected chi connectivity index (χ1v) is 9.41. The highest BCUT2D eigenvalue weighted by molar-refractivity contribution is 7.09. The van der Waals surface area contributed by atoms with Gasteiger partial charge in [-0.2, -0.15) is 0 Å². The minimum absolute atomic E-state index is 0.103. The molecular formula is C18H29N2O3S+. The van der Waals surface area contributed by atoms with Crippen LogP contribution in [0, 0.1) is 11.8 Å². The maximum absolute atomic E-state index is 13.0. The van der Waals surface area contributed by atoms with Crippen molar-refractivity contribution in [1.29, 1.82) is 0 Å². The van der Waals surface area contributed by atoms with E-state index in [4.69, 9.17) is 4.74 Å². The van der Waals surface area contributed by atoms with Gasteiger partial charge in [-0.15, -0.1) is 11.3 Å². The molecule has 1 aromatic rings. The summed E-state index contributed by atoms with van der Waals surface area (Å²) in [6, 6.07) is -0.103. The van der Waals surface area contributed by atoms with Gasteiger partial charge in [0, 0.05) is 24.4 Å². The number of ketones is 1. The highest BCUT2D eigenvalue weighted by atomic mass is 32.1. The Hall–Kier alpha value is -1.27. The second-order valence-electron chi connectivity index (χ2n) is 8.24. The first-order chi connectivity index (χ1) is 11.0. The number of nitrogens with zero attached hydrogens (tertiary/aromatic N) is 1. The topological polar surface area (TPSA) is 72.9 Å². The Bertz CT molecular complexity index is 592. The number of ether oxygens (including phenoxy) is 1. The summed E-state index contributed by atoms with van der Waals surface area (Å²) in [5.41, 5.74) is -1.26. The van der Waals surface area contributed by atoms with Crippen molar-refractivity contribution in [2.24, 2.45) is 11.8 Å². The number of thiazole rings is 1. The van der Waals surface area contributed by atoms with E-state index in [0.717, 1.165) is 5.01 Å². The lowest BCUT2D eigenvalue weighted by Gasteiger charge is -2.30. The number of hydrogen-bond donors (Lipinski definition) is 1. The number of Topliss-reactive ketones (excluding diaryl/α,β-unsaturated/α-hetero) is 1. The van der Waals surface area contributed by atoms with Crippen LogP contribution >= 0.6 is 11.3 Å². The molecule has 5 nitrogen and oxygen atoms in total. The van der Waals surface area contributed by atoms with Gasteiger partial charge < -0.3 is 10.1 Å². The van der Waals surface area contributed by atoms with Crippen molar-refractivity contribution in [3.63, 3.8) is 0 Å². The minimum atomic E-state index is -0.714. The van der Waals surface area contributed by atoms with Gasteiger partial charge in [0.05, 0.1) is 5.92 Å². The minimum Gasteiger partial charge on any atom is -0.455 e. The van der Waals surface area contributed by atoms with E-state index in [-0.39, 0.29) is 23.7 Å². The van der Waals surface area contributed by atoms with Crippen LogP contribution in [0.1, 0.15) is 65.4 Å². The molecule has 1 fully saturated rings. The van der Waals surface area contributed by atoms with E-state index in [1.807, 2.05) is 31.5 Å². The Balaban J connectivity index is 2.37. The van der Waals surface area contributed by atoms with Gasteiger partial charge in [-0.3, -0.25) is 4.79 Å². The van der Waals surface area contributed by atoms with Gasteiger partial charge in [0.1, 0.15) is 17.4 Å². The number of aromatic nitrogens is 1. The van der Waals surface area contributed by atoms with E-state index in [2.05, 4.69) is 18.8 Å². The molecule has 1 aliphatic rings. The summed E-state index contributed by atoms with van der Waals surface area (Å²) in [6.07, 6.45) is 2.95. The number of nitrogens with two attached hydrogens (primary N) is 1. The van der Waals surface area contributed by atoms with E-state index in [0.29, 0.717) is 18.8 Å².